The van der Waals surface area contributed by atoms with Crippen LogP contribution in [0.5, 0.6) is 0 Å². The Labute approximate surface area is 83.0 Å². The van der Waals surface area contributed by atoms with E-state index < -0.39 is 12.8 Å². The van der Waals surface area contributed by atoms with Crippen molar-refractivity contribution in [3.63, 3.8) is 0 Å². The minimum absolute atomic E-state index is 0.107. The Balaban J connectivity index is 3.01. The highest BCUT2D eigenvalue weighted by Gasteiger charge is 2.26. The second-order valence-electron chi connectivity index (χ2n) is 2.11. The largest absolute Gasteiger partial charge is 0.411 e. The number of hydrogen-bond acceptors (Lipinski definition) is 2. The molecule has 0 aromatic carbocycles. The zero-order chi connectivity index (χ0) is 9.45. The van der Waals surface area contributed by atoms with E-state index in [2.05, 4.69) is 32.6 Å². The van der Waals surface area contributed by atoms with E-state index in [4.69, 9.17) is 0 Å². The summed E-state index contributed by atoms with van der Waals surface area (Å²) in [6, 6.07) is 0. The summed E-state index contributed by atoms with van der Waals surface area (Å²) in [6.07, 6.45) is -4.21. The van der Waals surface area contributed by atoms with Crippen LogP contribution in [-0.4, -0.2) is 36.9 Å². The third-order valence-electron chi connectivity index (χ3n) is 0.960. The highest BCUT2D eigenvalue weighted by Crippen LogP contribution is 2.13. The van der Waals surface area contributed by atoms with Gasteiger partial charge in [0.05, 0.1) is 6.61 Å². The van der Waals surface area contributed by atoms with Crippen LogP contribution in [0.25, 0.3) is 0 Å². The lowest BCUT2D eigenvalue weighted by Crippen LogP contribution is -2.24. The summed E-state index contributed by atoms with van der Waals surface area (Å²) in [5, 5.41) is 2.92. The fraction of sp³-hybridized carbons (Fsp3) is 1.00. The molecular formula is C6H11F3INO. The van der Waals surface area contributed by atoms with Crippen LogP contribution in [0.3, 0.4) is 0 Å². The van der Waals surface area contributed by atoms with Gasteiger partial charge >= 0.3 is 6.18 Å². The molecule has 0 aromatic heterocycles. The van der Waals surface area contributed by atoms with Crippen molar-refractivity contribution in [1.29, 1.82) is 0 Å². The highest BCUT2D eigenvalue weighted by atomic mass is 127. The van der Waals surface area contributed by atoms with Gasteiger partial charge < -0.3 is 10.1 Å². The summed E-state index contributed by atoms with van der Waals surface area (Å²) in [5.41, 5.74) is 0. The van der Waals surface area contributed by atoms with Gasteiger partial charge in [0.1, 0.15) is 6.61 Å². The van der Waals surface area contributed by atoms with Crippen molar-refractivity contribution < 1.29 is 17.9 Å². The lowest BCUT2D eigenvalue weighted by atomic mass is 10.6. The number of rotatable bonds is 6. The molecule has 0 spiro atoms. The lowest BCUT2D eigenvalue weighted by molar-refractivity contribution is -0.173. The van der Waals surface area contributed by atoms with E-state index in [0.29, 0.717) is 6.54 Å². The normalized spacial score (nSPS) is 12.0. The Kier molecular flexibility index (Phi) is 7.16. The van der Waals surface area contributed by atoms with E-state index >= 15 is 0 Å². The van der Waals surface area contributed by atoms with Crippen LogP contribution in [0, 0.1) is 0 Å². The van der Waals surface area contributed by atoms with Gasteiger partial charge in [-0.1, -0.05) is 22.6 Å². The zero-order valence-electron chi connectivity index (χ0n) is 6.46. The fourth-order valence-corrected chi connectivity index (χ4v) is 0.905. The Morgan fingerprint density at radius 3 is 2.42 bits per heavy atom. The molecule has 0 unspecified atom stereocenters. The van der Waals surface area contributed by atoms with E-state index in [-0.39, 0.29) is 6.61 Å². The van der Waals surface area contributed by atoms with Gasteiger partial charge in [0.15, 0.2) is 0 Å². The quantitative estimate of drug-likeness (QED) is 0.457. The first kappa shape index (κ1) is 12.4. The summed E-state index contributed by atoms with van der Waals surface area (Å²) in [7, 11) is 0. The van der Waals surface area contributed by atoms with E-state index in [1.54, 1.807) is 0 Å². The second-order valence-corrected chi connectivity index (χ2v) is 3.19. The molecule has 0 radical (unpaired) electrons. The molecule has 0 rings (SSSR count). The molecule has 0 aliphatic carbocycles. The standard InChI is InChI=1S/C6H11F3INO/c7-6(8,9)5-12-4-3-11-2-1-10/h11H,1-5H2. The van der Waals surface area contributed by atoms with Crippen LogP contribution < -0.4 is 5.32 Å². The van der Waals surface area contributed by atoms with Gasteiger partial charge in [0.25, 0.3) is 0 Å². The maximum atomic E-state index is 11.5. The molecule has 0 aliphatic rings. The average molecular weight is 297 g/mol. The van der Waals surface area contributed by atoms with E-state index in [1.165, 1.54) is 0 Å². The molecule has 1 N–H and O–H groups in total. The summed E-state index contributed by atoms with van der Waals surface area (Å²) < 4.78 is 39.7. The SMILES string of the molecule is FC(F)(F)COCCNCCI. The van der Waals surface area contributed by atoms with Crippen LogP contribution in [0.15, 0.2) is 0 Å². The number of nitrogens with one attached hydrogen (secondary N) is 1. The molecule has 0 heterocycles. The minimum atomic E-state index is -4.21. The second kappa shape index (κ2) is 6.90. The summed E-state index contributed by atoms with van der Waals surface area (Å²) in [6.45, 7) is 0.226. The average Bonchev–Trinajstić information content (AvgIpc) is 1.94. The zero-order valence-corrected chi connectivity index (χ0v) is 8.61. The lowest BCUT2D eigenvalue weighted by Gasteiger charge is -2.07. The minimum Gasteiger partial charge on any atom is -0.371 e. The molecule has 6 heteroatoms. The number of halogens is 4. The Morgan fingerprint density at radius 2 is 1.92 bits per heavy atom. The highest BCUT2D eigenvalue weighted by molar-refractivity contribution is 14.1. The molecule has 0 saturated carbocycles. The summed E-state index contributed by atoms with van der Waals surface area (Å²) in [4.78, 5) is 0. The third-order valence-corrected chi connectivity index (χ3v) is 1.50. The molecule has 12 heavy (non-hydrogen) atoms. The van der Waals surface area contributed by atoms with Crippen molar-refractivity contribution in [2.45, 2.75) is 6.18 Å². The molecule has 0 saturated heterocycles. The van der Waals surface area contributed by atoms with E-state index in [0.717, 1.165) is 11.0 Å². The summed E-state index contributed by atoms with van der Waals surface area (Å²) >= 11 is 2.18. The predicted molar refractivity (Wildman–Crippen MR) is 48.6 cm³/mol. The third kappa shape index (κ3) is 10.4. The number of ether oxygens (including phenoxy) is 1. The molecular weight excluding hydrogens is 286 g/mol. The van der Waals surface area contributed by atoms with Crippen molar-refractivity contribution in [2.24, 2.45) is 0 Å². The first-order valence-electron chi connectivity index (χ1n) is 3.47. The monoisotopic (exact) mass is 297 g/mol. The topological polar surface area (TPSA) is 21.3 Å². The predicted octanol–water partition coefficient (Wildman–Crippen LogP) is 1.59. The molecule has 0 amide bonds. The van der Waals surface area contributed by atoms with Crippen molar-refractivity contribution >= 4 is 22.6 Å². The Bertz CT molecular complexity index is 109. The Morgan fingerprint density at radius 1 is 1.25 bits per heavy atom. The van der Waals surface area contributed by atoms with Gasteiger partial charge in [0.2, 0.25) is 0 Å². The van der Waals surface area contributed by atoms with Crippen LogP contribution in [0.2, 0.25) is 0 Å². The van der Waals surface area contributed by atoms with Gasteiger partial charge in [0, 0.05) is 17.5 Å². The van der Waals surface area contributed by atoms with Crippen molar-refractivity contribution in [1.82, 2.24) is 5.32 Å². The number of alkyl halides is 4. The molecule has 0 atom stereocenters. The van der Waals surface area contributed by atoms with Gasteiger partial charge in [-0.15, -0.1) is 0 Å². The van der Waals surface area contributed by atoms with Crippen LogP contribution >= 0.6 is 22.6 Å². The van der Waals surface area contributed by atoms with Gasteiger partial charge in [-0.3, -0.25) is 0 Å². The van der Waals surface area contributed by atoms with Crippen molar-refractivity contribution in [3.05, 3.63) is 0 Å². The molecule has 0 aromatic rings. The van der Waals surface area contributed by atoms with Gasteiger partial charge in [-0.25, -0.2) is 0 Å². The summed E-state index contributed by atoms with van der Waals surface area (Å²) in [5.74, 6) is 0. The first-order valence-corrected chi connectivity index (χ1v) is 5.00. The maximum Gasteiger partial charge on any atom is 0.411 e. The fourth-order valence-electron chi connectivity index (χ4n) is 0.524. The molecule has 2 nitrogen and oxygen atoms in total. The van der Waals surface area contributed by atoms with Gasteiger partial charge in [-0.2, -0.15) is 13.2 Å². The number of hydrogen-bond donors (Lipinski definition) is 1. The van der Waals surface area contributed by atoms with Crippen LogP contribution in [0.1, 0.15) is 0 Å². The van der Waals surface area contributed by atoms with E-state index in [9.17, 15) is 13.2 Å². The molecule has 0 aliphatic heterocycles. The first-order chi connectivity index (χ1) is 5.56. The molecule has 0 bridgehead atoms. The van der Waals surface area contributed by atoms with Gasteiger partial charge in [-0.05, 0) is 0 Å². The smallest absolute Gasteiger partial charge is 0.371 e. The Hall–Kier alpha value is 0.440. The van der Waals surface area contributed by atoms with Crippen molar-refractivity contribution in [3.8, 4) is 0 Å². The molecule has 74 valence electrons. The molecule has 0 fully saturated rings. The van der Waals surface area contributed by atoms with E-state index in [1.807, 2.05) is 0 Å². The van der Waals surface area contributed by atoms with Crippen molar-refractivity contribution in [2.75, 3.05) is 30.7 Å². The maximum absolute atomic E-state index is 11.5. The van der Waals surface area contributed by atoms with Crippen LogP contribution in [-0.2, 0) is 4.74 Å². The van der Waals surface area contributed by atoms with Crippen LogP contribution in [0.4, 0.5) is 13.2 Å².